The first kappa shape index (κ1) is 25.2. The summed E-state index contributed by atoms with van der Waals surface area (Å²) >= 11 is 1.62. The van der Waals surface area contributed by atoms with Gasteiger partial charge in [0.25, 0.3) is 0 Å². The first-order valence-corrected chi connectivity index (χ1v) is 10.8. The number of nitrogens with one attached hydrogen (secondary N) is 2. The maximum Gasteiger partial charge on any atom is 0.191 e. The van der Waals surface area contributed by atoms with Crippen molar-refractivity contribution in [3.63, 3.8) is 0 Å². The zero-order valence-corrected chi connectivity index (χ0v) is 21.2. The molecule has 2 aromatic carbocycles. The first-order valence-electron chi connectivity index (χ1n) is 9.96. The quantitative estimate of drug-likeness (QED) is 0.158. The Balaban J connectivity index is 0.00000341. The zero-order valence-electron chi connectivity index (χ0n) is 18.1. The number of nitrogens with zero attached hydrogens (tertiary/aromatic N) is 1. The van der Waals surface area contributed by atoms with Crippen molar-refractivity contribution in [1.82, 2.24) is 10.6 Å². The van der Waals surface area contributed by atoms with Crippen molar-refractivity contribution in [3.05, 3.63) is 59.0 Å². The third-order valence-electron chi connectivity index (χ3n) is 4.84. The fourth-order valence-corrected chi connectivity index (χ4v) is 4.27. The molecule has 0 spiro atoms. The Morgan fingerprint density at radius 2 is 1.84 bits per heavy atom. The number of halogens is 1. The second-order valence-electron chi connectivity index (χ2n) is 6.88. The van der Waals surface area contributed by atoms with E-state index in [1.54, 1.807) is 32.6 Å². The van der Waals surface area contributed by atoms with Crippen LogP contribution in [-0.4, -0.2) is 45.4 Å². The normalized spacial score (nSPS) is 12.2. The predicted octanol–water partition coefficient (Wildman–Crippen LogP) is 4.37. The van der Waals surface area contributed by atoms with Crippen molar-refractivity contribution >= 4 is 51.4 Å². The molecule has 6 nitrogen and oxygen atoms in total. The Morgan fingerprint density at radius 3 is 2.55 bits per heavy atom. The molecule has 3 aromatic rings. The predicted molar refractivity (Wildman–Crippen MR) is 139 cm³/mol. The van der Waals surface area contributed by atoms with E-state index in [1.165, 1.54) is 10.3 Å². The Morgan fingerprint density at radius 1 is 1.06 bits per heavy atom. The molecule has 3 N–H and O–H groups in total. The smallest absolute Gasteiger partial charge is 0.191 e. The molecular formula is C23H30IN3O3S. The molecule has 31 heavy (non-hydrogen) atoms. The molecule has 0 aliphatic heterocycles. The van der Waals surface area contributed by atoms with Gasteiger partial charge in [-0.25, -0.2) is 0 Å². The third kappa shape index (κ3) is 6.98. The number of aryl methyl sites for hydroxylation is 1. The number of aliphatic hydroxyl groups excluding tert-OH is 1. The summed E-state index contributed by atoms with van der Waals surface area (Å²) in [5.74, 6) is 2.17. The topological polar surface area (TPSA) is 75.1 Å². The van der Waals surface area contributed by atoms with Crippen LogP contribution in [0.25, 0.3) is 10.1 Å². The summed E-state index contributed by atoms with van der Waals surface area (Å²) in [5, 5.41) is 18.2. The molecule has 0 aliphatic carbocycles. The number of aliphatic imine (C=N–C) groups is 1. The van der Waals surface area contributed by atoms with Gasteiger partial charge in [0.05, 0.1) is 14.2 Å². The molecule has 0 aliphatic rings. The minimum Gasteiger partial charge on any atom is -0.493 e. The monoisotopic (exact) mass is 555 g/mol. The Kier molecular flexibility index (Phi) is 10.4. The van der Waals surface area contributed by atoms with Crippen LogP contribution in [0.3, 0.4) is 0 Å². The summed E-state index contributed by atoms with van der Waals surface area (Å²) in [7, 11) is 5.01. The van der Waals surface area contributed by atoms with Crippen LogP contribution >= 0.6 is 35.3 Å². The fourth-order valence-electron chi connectivity index (χ4n) is 3.22. The summed E-state index contributed by atoms with van der Waals surface area (Å²) < 4.78 is 11.8. The number of ether oxygens (including phenoxy) is 2. The highest BCUT2D eigenvalue weighted by atomic mass is 127. The summed E-state index contributed by atoms with van der Waals surface area (Å²) in [6, 6.07) is 16.2. The van der Waals surface area contributed by atoms with E-state index >= 15 is 0 Å². The van der Waals surface area contributed by atoms with Crippen LogP contribution in [0.5, 0.6) is 11.5 Å². The number of methoxy groups -OCH3 is 2. The number of fused-ring (bicyclic) bond motifs is 1. The van der Waals surface area contributed by atoms with Crippen LogP contribution in [0.1, 0.15) is 23.0 Å². The van der Waals surface area contributed by atoms with E-state index < -0.39 is 6.10 Å². The van der Waals surface area contributed by atoms with E-state index in [4.69, 9.17) is 9.47 Å². The molecule has 1 aromatic heterocycles. The lowest BCUT2D eigenvalue weighted by atomic mass is 10.1. The molecule has 1 heterocycles. The van der Waals surface area contributed by atoms with Crippen LogP contribution in [0.4, 0.5) is 0 Å². The molecule has 0 amide bonds. The molecule has 3 rings (SSSR count). The first-order chi connectivity index (χ1) is 14.6. The van der Waals surface area contributed by atoms with Gasteiger partial charge in [-0.1, -0.05) is 24.3 Å². The molecule has 1 atom stereocenters. The Hall–Kier alpha value is -2.04. The fraction of sp³-hybridized carbons (Fsp3) is 0.348. The lowest BCUT2D eigenvalue weighted by Gasteiger charge is -2.15. The van der Waals surface area contributed by atoms with Crippen molar-refractivity contribution in [2.24, 2.45) is 4.99 Å². The average Bonchev–Trinajstić information content (AvgIpc) is 3.22. The molecule has 168 valence electrons. The molecule has 0 radical (unpaired) electrons. The lowest BCUT2D eigenvalue weighted by Crippen LogP contribution is -2.39. The number of hydrogen-bond donors (Lipinski definition) is 3. The lowest BCUT2D eigenvalue weighted by molar-refractivity contribution is 0.184. The number of benzene rings is 2. The maximum absolute atomic E-state index is 10.5. The SMILES string of the molecule is CN=C(NCCCc1ccc(OC)c(OC)c1)NCC(O)c1cc2ccccc2s1.I. The highest BCUT2D eigenvalue weighted by Gasteiger charge is 2.12. The van der Waals surface area contributed by atoms with Gasteiger partial charge in [-0.2, -0.15) is 0 Å². The van der Waals surface area contributed by atoms with Crippen LogP contribution < -0.4 is 20.1 Å². The van der Waals surface area contributed by atoms with Crippen LogP contribution in [0.2, 0.25) is 0 Å². The van der Waals surface area contributed by atoms with Gasteiger partial charge in [0.2, 0.25) is 0 Å². The molecule has 8 heteroatoms. The van der Waals surface area contributed by atoms with E-state index in [1.807, 2.05) is 30.3 Å². The van der Waals surface area contributed by atoms with Crippen molar-refractivity contribution in [1.29, 1.82) is 0 Å². The summed E-state index contributed by atoms with van der Waals surface area (Å²) in [4.78, 5) is 5.19. The second-order valence-corrected chi connectivity index (χ2v) is 7.99. The van der Waals surface area contributed by atoms with Gasteiger partial charge >= 0.3 is 0 Å². The van der Waals surface area contributed by atoms with Crippen LogP contribution in [0.15, 0.2) is 53.5 Å². The van der Waals surface area contributed by atoms with E-state index in [2.05, 4.69) is 33.8 Å². The van der Waals surface area contributed by atoms with Crippen LogP contribution in [-0.2, 0) is 6.42 Å². The van der Waals surface area contributed by atoms with Gasteiger partial charge in [-0.3, -0.25) is 4.99 Å². The number of guanidine groups is 1. The van der Waals surface area contributed by atoms with Gasteiger partial charge in [-0.15, -0.1) is 35.3 Å². The van der Waals surface area contributed by atoms with Gasteiger partial charge < -0.3 is 25.2 Å². The average molecular weight is 555 g/mol. The molecular weight excluding hydrogens is 525 g/mol. The minimum atomic E-state index is -0.576. The summed E-state index contributed by atoms with van der Waals surface area (Å²) in [6.45, 7) is 1.18. The van der Waals surface area contributed by atoms with E-state index in [0.717, 1.165) is 41.1 Å². The molecule has 1 unspecified atom stereocenters. The van der Waals surface area contributed by atoms with Crippen molar-refractivity contribution in [3.8, 4) is 11.5 Å². The van der Waals surface area contributed by atoms with Crippen molar-refractivity contribution in [2.45, 2.75) is 18.9 Å². The maximum atomic E-state index is 10.5. The van der Waals surface area contributed by atoms with Gasteiger partial charge in [0, 0.05) is 29.7 Å². The summed E-state index contributed by atoms with van der Waals surface area (Å²) in [6.07, 6.45) is 1.27. The Labute approximate surface area is 204 Å². The molecule has 0 saturated carbocycles. The van der Waals surface area contributed by atoms with Crippen LogP contribution in [0, 0.1) is 0 Å². The van der Waals surface area contributed by atoms with Gasteiger partial charge in [0.15, 0.2) is 17.5 Å². The van der Waals surface area contributed by atoms with Gasteiger partial charge in [-0.05, 0) is 48.1 Å². The van der Waals surface area contributed by atoms with E-state index in [-0.39, 0.29) is 24.0 Å². The Bertz CT molecular complexity index is 960. The summed E-state index contributed by atoms with van der Waals surface area (Å²) in [5.41, 5.74) is 1.19. The number of rotatable bonds is 9. The zero-order chi connectivity index (χ0) is 21.3. The number of hydrogen-bond acceptors (Lipinski definition) is 5. The second kappa shape index (κ2) is 12.7. The highest BCUT2D eigenvalue weighted by molar-refractivity contribution is 14.0. The highest BCUT2D eigenvalue weighted by Crippen LogP contribution is 2.29. The minimum absolute atomic E-state index is 0. The molecule has 0 fully saturated rings. The molecule has 0 saturated heterocycles. The third-order valence-corrected chi connectivity index (χ3v) is 6.06. The van der Waals surface area contributed by atoms with E-state index in [9.17, 15) is 5.11 Å². The van der Waals surface area contributed by atoms with Gasteiger partial charge in [0.1, 0.15) is 6.10 Å². The van der Waals surface area contributed by atoms with Crippen molar-refractivity contribution < 1.29 is 14.6 Å². The standard InChI is InChI=1S/C23H29N3O3S.HI/c1-24-23(25-12-6-7-16-10-11-19(28-2)20(13-16)29-3)26-15-18(27)22-14-17-8-4-5-9-21(17)30-22;/h4-5,8-11,13-14,18,27H,6-7,12,15H2,1-3H3,(H2,24,25,26);1H. The largest absolute Gasteiger partial charge is 0.493 e. The number of aliphatic hydroxyl groups is 1. The van der Waals surface area contributed by atoms with Crippen molar-refractivity contribution in [2.75, 3.05) is 34.4 Å². The number of thiophene rings is 1. The van der Waals surface area contributed by atoms with E-state index in [0.29, 0.717) is 12.5 Å². The molecule has 0 bridgehead atoms.